The number of carbonyl (C=O) groups is 1. The Kier molecular flexibility index (Phi) is 4.35. The molecule has 0 aliphatic heterocycles. The molecule has 0 atom stereocenters. The number of aromatic amines is 1. The first-order valence-electron chi connectivity index (χ1n) is 7.36. The smallest absolute Gasteiger partial charge is 0.274 e. The van der Waals surface area contributed by atoms with E-state index in [-0.39, 0.29) is 5.91 Å². The van der Waals surface area contributed by atoms with Gasteiger partial charge in [0, 0.05) is 30.4 Å². The average molecular weight is 345 g/mol. The largest absolute Gasteiger partial charge is 0.341 e. The summed E-state index contributed by atoms with van der Waals surface area (Å²) in [5, 5.41) is 8.43. The van der Waals surface area contributed by atoms with Gasteiger partial charge in [0.1, 0.15) is 17.8 Å². The zero-order valence-electron chi connectivity index (χ0n) is 13.6. The van der Waals surface area contributed by atoms with Gasteiger partial charge in [0.2, 0.25) is 0 Å². The van der Waals surface area contributed by atoms with Crippen molar-refractivity contribution in [2.24, 2.45) is 7.05 Å². The van der Waals surface area contributed by atoms with Crippen LogP contribution in [-0.4, -0.2) is 42.6 Å². The minimum Gasteiger partial charge on any atom is -0.341 e. The molecule has 2 aromatic heterocycles. The number of hydrogen-bond donors (Lipinski definition) is 1. The highest BCUT2D eigenvalue weighted by atomic mass is 35.5. The number of amides is 1. The number of rotatable bonds is 4. The van der Waals surface area contributed by atoms with Crippen molar-refractivity contribution in [3.63, 3.8) is 0 Å². The summed E-state index contributed by atoms with van der Waals surface area (Å²) in [6, 6.07) is 7.33. The number of H-pyrrole nitrogens is 1. The molecular formula is C16H17ClN6O. The maximum absolute atomic E-state index is 12.7. The van der Waals surface area contributed by atoms with Gasteiger partial charge in [-0.2, -0.15) is 0 Å². The topological polar surface area (TPSA) is 79.7 Å². The zero-order valence-corrected chi connectivity index (χ0v) is 14.4. The van der Waals surface area contributed by atoms with Crippen LogP contribution in [0.4, 0.5) is 0 Å². The molecule has 0 bridgehead atoms. The molecule has 124 valence electrons. The van der Waals surface area contributed by atoms with Gasteiger partial charge < -0.3 is 14.5 Å². The lowest BCUT2D eigenvalue weighted by Crippen LogP contribution is -2.28. The van der Waals surface area contributed by atoms with E-state index in [0.29, 0.717) is 34.6 Å². The molecule has 0 fully saturated rings. The van der Waals surface area contributed by atoms with Crippen LogP contribution in [0.15, 0.2) is 30.6 Å². The van der Waals surface area contributed by atoms with E-state index in [2.05, 4.69) is 20.2 Å². The van der Waals surface area contributed by atoms with Crippen molar-refractivity contribution in [1.82, 2.24) is 29.6 Å². The van der Waals surface area contributed by atoms with Crippen LogP contribution < -0.4 is 0 Å². The first-order chi connectivity index (χ1) is 11.5. The molecule has 0 spiro atoms. The highest BCUT2D eigenvalue weighted by molar-refractivity contribution is 6.30. The molecule has 8 heteroatoms. The van der Waals surface area contributed by atoms with Gasteiger partial charge in [-0.25, -0.2) is 4.98 Å². The number of hydrogen-bond acceptors (Lipinski definition) is 4. The highest BCUT2D eigenvalue weighted by Crippen LogP contribution is 2.22. The number of aromatic nitrogens is 5. The van der Waals surface area contributed by atoms with Crippen molar-refractivity contribution in [3.05, 3.63) is 52.8 Å². The van der Waals surface area contributed by atoms with Gasteiger partial charge in [0.05, 0.1) is 6.54 Å². The van der Waals surface area contributed by atoms with Crippen LogP contribution in [0.1, 0.15) is 22.0 Å². The van der Waals surface area contributed by atoms with Crippen LogP contribution in [-0.2, 0) is 13.6 Å². The fraction of sp³-hybridized carbons (Fsp3) is 0.250. The number of benzene rings is 1. The predicted octanol–water partition coefficient (Wildman–Crippen LogP) is 2.44. The number of nitrogens with zero attached hydrogens (tertiary/aromatic N) is 5. The Morgan fingerprint density at radius 3 is 2.88 bits per heavy atom. The second kappa shape index (κ2) is 6.45. The number of imidazole rings is 1. The summed E-state index contributed by atoms with van der Waals surface area (Å²) < 4.78 is 1.78. The molecule has 2 heterocycles. The van der Waals surface area contributed by atoms with Crippen molar-refractivity contribution in [3.8, 4) is 11.4 Å². The molecule has 1 amide bonds. The van der Waals surface area contributed by atoms with Crippen LogP contribution >= 0.6 is 11.6 Å². The summed E-state index contributed by atoms with van der Waals surface area (Å²) in [5.74, 6) is 1.14. The monoisotopic (exact) mass is 344 g/mol. The number of carbonyl (C=O) groups excluding carboxylic acids is 1. The first kappa shape index (κ1) is 16.2. The molecule has 24 heavy (non-hydrogen) atoms. The second-order valence-corrected chi connectivity index (χ2v) is 6.03. The molecular weight excluding hydrogens is 328 g/mol. The molecule has 0 radical (unpaired) electrons. The summed E-state index contributed by atoms with van der Waals surface area (Å²) in [5.41, 5.74) is 1.93. The van der Waals surface area contributed by atoms with Gasteiger partial charge >= 0.3 is 0 Å². The molecule has 1 aromatic carbocycles. The van der Waals surface area contributed by atoms with Crippen LogP contribution in [0.25, 0.3) is 11.4 Å². The Labute approximate surface area is 144 Å². The molecule has 0 saturated heterocycles. The highest BCUT2D eigenvalue weighted by Gasteiger charge is 2.20. The lowest BCUT2D eigenvalue weighted by atomic mass is 10.2. The van der Waals surface area contributed by atoms with E-state index in [0.717, 1.165) is 5.56 Å². The van der Waals surface area contributed by atoms with Crippen molar-refractivity contribution >= 4 is 17.5 Å². The van der Waals surface area contributed by atoms with Gasteiger partial charge in [-0.3, -0.25) is 4.79 Å². The zero-order chi connectivity index (χ0) is 17.3. The van der Waals surface area contributed by atoms with Crippen molar-refractivity contribution < 1.29 is 4.79 Å². The van der Waals surface area contributed by atoms with Crippen LogP contribution in [0, 0.1) is 6.92 Å². The van der Waals surface area contributed by atoms with Crippen LogP contribution in [0.2, 0.25) is 5.02 Å². The molecule has 0 aliphatic carbocycles. The minimum atomic E-state index is -0.181. The fourth-order valence-corrected chi connectivity index (χ4v) is 2.55. The van der Waals surface area contributed by atoms with E-state index >= 15 is 0 Å². The van der Waals surface area contributed by atoms with Crippen molar-refractivity contribution in [2.45, 2.75) is 13.5 Å². The third kappa shape index (κ3) is 3.16. The quantitative estimate of drug-likeness (QED) is 0.788. The van der Waals surface area contributed by atoms with Crippen molar-refractivity contribution in [2.75, 3.05) is 7.05 Å². The van der Waals surface area contributed by atoms with Gasteiger partial charge in [0.25, 0.3) is 5.91 Å². The number of aryl methyl sites for hydroxylation is 2. The average Bonchev–Trinajstić information content (AvgIpc) is 3.13. The standard InChI is InChI=1S/C16H17ClN6O/c1-10-14(16(24)22(2)8-13-21-18-9-23(13)3)20-15(19-10)11-5-4-6-12(17)7-11/h4-7,9H,8H2,1-3H3,(H,19,20). The minimum absolute atomic E-state index is 0.181. The van der Waals surface area contributed by atoms with E-state index in [4.69, 9.17) is 11.6 Å². The van der Waals surface area contributed by atoms with E-state index in [1.54, 1.807) is 35.0 Å². The predicted molar refractivity (Wildman–Crippen MR) is 90.6 cm³/mol. The maximum Gasteiger partial charge on any atom is 0.274 e. The van der Waals surface area contributed by atoms with Crippen LogP contribution in [0.3, 0.4) is 0 Å². The van der Waals surface area contributed by atoms with E-state index in [1.807, 2.05) is 26.1 Å². The summed E-state index contributed by atoms with van der Waals surface area (Å²) in [6.45, 7) is 2.18. The summed E-state index contributed by atoms with van der Waals surface area (Å²) in [6.07, 6.45) is 1.60. The van der Waals surface area contributed by atoms with Crippen LogP contribution in [0.5, 0.6) is 0 Å². The van der Waals surface area contributed by atoms with Gasteiger partial charge in [0.15, 0.2) is 5.82 Å². The SMILES string of the molecule is Cc1[nH]c(-c2cccc(Cl)c2)nc1C(=O)N(C)Cc1nncn1C. The van der Waals surface area contributed by atoms with Crippen molar-refractivity contribution in [1.29, 1.82) is 0 Å². The van der Waals surface area contributed by atoms with Gasteiger partial charge in [-0.15, -0.1) is 10.2 Å². The van der Waals surface area contributed by atoms with Gasteiger partial charge in [-0.05, 0) is 19.1 Å². The van der Waals surface area contributed by atoms with Gasteiger partial charge in [-0.1, -0.05) is 23.7 Å². The molecule has 3 rings (SSSR count). The Bertz CT molecular complexity index is 884. The Balaban J connectivity index is 1.84. The Morgan fingerprint density at radius 1 is 1.42 bits per heavy atom. The normalized spacial score (nSPS) is 10.8. The molecule has 7 nitrogen and oxygen atoms in total. The summed E-state index contributed by atoms with van der Waals surface area (Å²) >= 11 is 6.02. The third-order valence-electron chi connectivity index (χ3n) is 3.72. The Hall–Kier alpha value is -2.67. The number of nitrogens with one attached hydrogen (secondary N) is 1. The molecule has 0 saturated carbocycles. The van der Waals surface area contributed by atoms with E-state index < -0.39 is 0 Å². The molecule has 1 N–H and O–H groups in total. The maximum atomic E-state index is 12.7. The summed E-state index contributed by atoms with van der Waals surface area (Å²) in [7, 11) is 3.55. The lowest BCUT2D eigenvalue weighted by Gasteiger charge is -2.15. The van der Waals surface area contributed by atoms with E-state index in [1.165, 1.54) is 0 Å². The molecule has 0 unspecified atom stereocenters. The van der Waals surface area contributed by atoms with E-state index in [9.17, 15) is 4.79 Å². The molecule has 3 aromatic rings. The lowest BCUT2D eigenvalue weighted by molar-refractivity contribution is 0.0774. The summed E-state index contributed by atoms with van der Waals surface area (Å²) in [4.78, 5) is 21.8. The molecule has 0 aliphatic rings. The fourth-order valence-electron chi connectivity index (χ4n) is 2.36. The number of halogens is 1. The first-order valence-corrected chi connectivity index (χ1v) is 7.74. The second-order valence-electron chi connectivity index (χ2n) is 5.59. The third-order valence-corrected chi connectivity index (χ3v) is 3.95. The Morgan fingerprint density at radius 2 is 2.21 bits per heavy atom.